The Morgan fingerprint density at radius 3 is 2.68 bits per heavy atom. The van der Waals surface area contributed by atoms with Crippen LogP contribution >= 0.6 is 0 Å². The van der Waals surface area contributed by atoms with Gasteiger partial charge in [0.2, 0.25) is 11.8 Å². The third kappa shape index (κ3) is 4.82. The van der Waals surface area contributed by atoms with Crippen molar-refractivity contribution < 1.29 is 9.59 Å². The van der Waals surface area contributed by atoms with Gasteiger partial charge in [-0.1, -0.05) is 30.3 Å². The van der Waals surface area contributed by atoms with Crippen LogP contribution < -0.4 is 5.73 Å². The highest BCUT2D eigenvalue weighted by Crippen LogP contribution is 2.38. The standard InChI is InChI=1S/C20H29N3O2/c21-18(24)9-13-22-12-4-10-20(15-22)11-7-19(25)23(16-20)14-8-17-5-2-1-3-6-17/h1-3,5-6H,4,7-16H2,(H2,21,24)/t20-/m1/s1. The Morgan fingerprint density at radius 2 is 1.92 bits per heavy atom. The molecule has 5 heteroatoms. The van der Waals surface area contributed by atoms with E-state index < -0.39 is 0 Å². The van der Waals surface area contributed by atoms with Crippen LogP contribution in [0.5, 0.6) is 0 Å². The molecule has 5 nitrogen and oxygen atoms in total. The molecule has 0 bridgehead atoms. The van der Waals surface area contributed by atoms with Crippen LogP contribution in [0, 0.1) is 5.41 Å². The summed E-state index contributed by atoms with van der Waals surface area (Å²) < 4.78 is 0. The monoisotopic (exact) mass is 343 g/mol. The van der Waals surface area contributed by atoms with Crippen LogP contribution in [0.2, 0.25) is 0 Å². The van der Waals surface area contributed by atoms with E-state index in [1.807, 2.05) is 18.2 Å². The van der Waals surface area contributed by atoms with E-state index in [0.717, 1.165) is 52.0 Å². The first-order chi connectivity index (χ1) is 12.1. The van der Waals surface area contributed by atoms with Crippen LogP contribution in [0.4, 0.5) is 0 Å². The summed E-state index contributed by atoms with van der Waals surface area (Å²) in [5, 5.41) is 0. The average Bonchev–Trinajstić information content (AvgIpc) is 2.62. The van der Waals surface area contributed by atoms with Gasteiger partial charge in [0.1, 0.15) is 0 Å². The second kappa shape index (κ2) is 8.00. The van der Waals surface area contributed by atoms with Crippen molar-refractivity contribution in [1.82, 2.24) is 9.80 Å². The smallest absolute Gasteiger partial charge is 0.222 e. The van der Waals surface area contributed by atoms with Crippen LogP contribution in [0.1, 0.15) is 37.7 Å². The third-order valence-electron chi connectivity index (χ3n) is 5.68. The Kier molecular flexibility index (Phi) is 5.74. The van der Waals surface area contributed by atoms with Crippen LogP contribution in [0.3, 0.4) is 0 Å². The molecule has 2 heterocycles. The molecule has 0 aromatic heterocycles. The highest BCUT2D eigenvalue weighted by Gasteiger charge is 2.41. The van der Waals surface area contributed by atoms with Crippen LogP contribution in [-0.2, 0) is 16.0 Å². The number of nitrogens with two attached hydrogens (primary N) is 1. The Bertz CT molecular complexity index is 604. The van der Waals surface area contributed by atoms with Crippen molar-refractivity contribution in [2.45, 2.75) is 38.5 Å². The number of rotatable bonds is 6. The highest BCUT2D eigenvalue weighted by atomic mass is 16.2. The van der Waals surface area contributed by atoms with Crippen molar-refractivity contribution in [2.24, 2.45) is 11.1 Å². The minimum absolute atomic E-state index is 0.195. The van der Waals surface area contributed by atoms with Crippen LogP contribution in [0.25, 0.3) is 0 Å². The molecule has 25 heavy (non-hydrogen) atoms. The third-order valence-corrected chi connectivity index (χ3v) is 5.68. The molecule has 0 radical (unpaired) electrons. The number of nitrogens with zero attached hydrogens (tertiary/aromatic N) is 2. The second-order valence-electron chi connectivity index (χ2n) is 7.65. The summed E-state index contributed by atoms with van der Waals surface area (Å²) in [7, 11) is 0. The SMILES string of the molecule is NC(=O)CCN1CCC[C@@]2(CCC(=O)N(CCc3ccccc3)C2)C1. The van der Waals surface area contributed by atoms with Gasteiger partial charge in [-0.2, -0.15) is 0 Å². The fourth-order valence-electron chi connectivity index (χ4n) is 4.32. The van der Waals surface area contributed by atoms with Crippen LogP contribution in [-0.4, -0.2) is 54.3 Å². The predicted molar refractivity (Wildman–Crippen MR) is 97.9 cm³/mol. The van der Waals surface area contributed by atoms with Gasteiger partial charge in [-0.3, -0.25) is 9.59 Å². The minimum Gasteiger partial charge on any atom is -0.370 e. The van der Waals surface area contributed by atoms with Crippen molar-refractivity contribution in [1.29, 1.82) is 0 Å². The molecule has 2 saturated heterocycles. The second-order valence-corrected chi connectivity index (χ2v) is 7.65. The molecule has 136 valence electrons. The summed E-state index contributed by atoms with van der Waals surface area (Å²) in [4.78, 5) is 27.9. The number of primary amides is 1. The number of carbonyl (C=O) groups is 2. The Hall–Kier alpha value is -1.88. The van der Waals surface area contributed by atoms with Crippen molar-refractivity contribution in [3.8, 4) is 0 Å². The molecule has 1 aromatic rings. The molecule has 1 spiro atoms. The minimum atomic E-state index is -0.233. The molecule has 2 aliphatic heterocycles. The molecular weight excluding hydrogens is 314 g/mol. The molecular formula is C20H29N3O2. The van der Waals surface area contributed by atoms with Gasteiger partial charge in [0, 0.05) is 44.4 Å². The number of benzene rings is 1. The lowest BCUT2D eigenvalue weighted by Gasteiger charge is -2.48. The fourth-order valence-corrected chi connectivity index (χ4v) is 4.32. The lowest BCUT2D eigenvalue weighted by molar-refractivity contribution is -0.139. The van der Waals surface area contributed by atoms with E-state index >= 15 is 0 Å². The fraction of sp³-hybridized carbons (Fsp3) is 0.600. The molecule has 3 rings (SSSR count). The van der Waals surface area contributed by atoms with Crippen molar-refractivity contribution in [3.63, 3.8) is 0 Å². The van der Waals surface area contributed by atoms with Gasteiger partial charge in [-0.25, -0.2) is 0 Å². The maximum absolute atomic E-state index is 12.4. The highest BCUT2D eigenvalue weighted by molar-refractivity contribution is 5.77. The lowest BCUT2D eigenvalue weighted by atomic mass is 9.73. The van der Waals surface area contributed by atoms with E-state index in [4.69, 9.17) is 5.73 Å². The quantitative estimate of drug-likeness (QED) is 0.857. The first-order valence-corrected chi connectivity index (χ1v) is 9.39. The molecule has 0 unspecified atom stereocenters. The first-order valence-electron chi connectivity index (χ1n) is 9.39. The number of hydrogen-bond acceptors (Lipinski definition) is 3. The number of carbonyl (C=O) groups excluding carboxylic acids is 2. The van der Waals surface area contributed by atoms with E-state index in [1.165, 1.54) is 12.0 Å². The van der Waals surface area contributed by atoms with Gasteiger partial charge < -0.3 is 15.5 Å². The van der Waals surface area contributed by atoms with Gasteiger partial charge in [-0.05, 0) is 37.8 Å². The molecule has 2 aliphatic rings. The van der Waals surface area contributed by atoms with E-state index in [1.54, 1.807) is 0 Å². The van der Waals surface area contributed by atoms with Crippen molar-refractivity contribution in [3.05, 3.63) is 35.9 Å². The zero-order chi connectivity index (χ0) is 17.7. The average molecular weight is 343 g/mol. The van der Waals surface area contributed by atoms with E-state index in [2.05, 4.69) is 21.9 Å². The molecule has 1 aromatic carbocycles. The largest absolute Gasteiger partial charge is 0.370 e. The van der Waals surface area contributed by atoms with Gasteiger partial charge in [0.15, 0.2) is 0 Å². The summed E-state index contributed by atoms with van der Waals surface area (Å²) in [6.07, 6.45) is 5.27. The van der Waals surface area contributed by atoms with Crippen molar-refractivity contribution in [2.75, 3.05) is 32.7 Å². The summed E-state index contributed by atoms with van der Waals surface area (Å²) in [5.74, 6) is 0.0544. The topological polar surface area (TPSA) is 66.6 Å². The van der Waals surface area contributed by atoms with Gasteiger partial charge >= 0.3 is 0 Å². The maximum Gasteiger partial charge on any atom is 0.222 e. The normalized spacial score (nSPS) is 24.6. The summed E-state index contributed by atoms with van der Waals surface area (Å²) >= 11 is 0. The predicted octanol–water partition coefficient (Wildman–Crippen LogP) is 1.81. The van der Waals surface area contributed by atoms with E-state index in [9.17, 15) is 9.59 Å². The Balaban J connectivity index is 1.58. The number of piperidine rings is 2. The zero-order valence-corrected chi connectivity index (χ0v) is 15.0. The molecule has 2 amide bonds. The molecule has 2 fully saturated rings. The van der Waals surface area contributed by atoms with E-state index in [-0.39, 0.29) is 17.2 Å². The maximum atomic E-state index is 12.4. The Morgan fingerprint density at radius 1 is 1.12 bits per heavy atom. The lowest BCUT2D eigenvalue weighted by Crippen LogP contribution is -2.54. The Labute approximate surface area is 150 Å². The summed E-state index contributed by atoms with van der Waals surface area (Å²) in [6.45, 7) is 4.41. The molecule has 1 atom stereocenters. The summed E-state index contributed by atoms with van der Waals surface area (Å²) in [5.41, 5.74) is 6.77. The number of likely N-dealkylation sites (tertiary alicyclic amines) is 2. The molecule has 0 aliphatic carbocycles. The van der Waals surface area contributed by atoms with E-state index in [0.29, 0.717) is 12.8 Å². The van der Waals surface area contributed by atoms with Gasteiger partial charge in [-0.15, -0.1) is 0 Å². The van der Waals surface area contributed by atoms with Crippen LogP contribution in [0.15, 0.2) is 30.3 Å². The zero-order valence-electron chi connectivity index (χ0n) is 15.0. The number of amides is 2. The summed E-state index contributed by atoms with van der Waals surface area (Å²) in [6, 6.07) is 10.4. The molecule has 0 saturated carbocycles. The number of hydrogen-bond donors (Lipinski definition) is 1. The van der Waals surface area contributed by atoms with Gasteiger partial charge in [0.05, 0.1) is 0 Å². The molecule has 2 N–H and O–H groups in total. The van der Waals surface area contributed by atoms with Gasteiger partial charge in [0.25, 0.3) is 0 Å². The van der Waals surface area contributed by atoms with Crippen molar-refractivity contribution >= 4 is 11.8 Å². The first kappa shape index (κ1) is 17.9.